The first-order valence-corrected chi connectivity index (χ1v) is 15.8. The van der Waals surface area contributed by atoms with E-state index in [1.807, 2.05) is 0 Å². The third kappa shape index (κ3) is 219. The summed E-state index contributed by atoms with van der Waals surface area (Å²) in [7, 11) is 0. The summed E-state index contributed by atoms with van der Waals surface area (Å²) in [6.45, 7) is 39.7. The standard InChI is InChI=1S/2C6H14.3C5H12.C4H10.C3H8.2CH4/c1-5-6(2,3)4;1-3-5-6-4-2;2*1-4-5(2)3;1-3-5-4-2;1-3-4-2;1-3-2;;/h5H2,1-4H3;3-6H2,1-2H3;2*5H,4H2,1-3H3;3-5H2,1-2H3;3-4H2,1-2H3;3H2,1-2H3;2*1H4. The SMILES string of the molecule is C.C.CCC.CCC(C)(C)C.CCC(C)C.CCC(C)C.CCCC.CCCCC.CCCCCC. The van der Waals surface area contributed by atoms with Crippen LogP contribution >= 0.6 is 0 Å². The van der Waals surface area contributed by atoms with E-state index < -0.39 is 0 Å². The normalized spacial score (nSPS) is 8.67. The predicted molar refractivity (Wildman–Crippen MR) is 185 cm³/mol. The van der Waals surface area contributed by atoms with E-state index in [2.05, 4.69) is 125 Å². The van der Waals surface area contributed by atoms with Crippen molar-refractivity contribution in [1.82, 2.24) is 0 Å². The molecule has 0 heteroatoms. The Kier molecular flexibility index (Phi) is 109. The molecule has 234 valence electrons. The van der Waals surface area contributed by atoms with Gasteiger partial charge in [-0.2, -0.15) is 0 Å². The summed E-state index contributed by atoms with van der Waals surface area (Å²) in [5.41, 5.74) is 0.542. The Balaban J connectivity index is -0.0000000337. The molecule has 0 bridgehead atoms. The zero-order valence-corrected chi connectivity index (χ0v) is 28.8. The van der Waals surface area contributed by atoms with Crippen molar-refractivity contribution in [2.45, 2.75) is 223 Å². The van der Waals surface area contributed by atoms with Gasteiger partial charge in [0, 0.05) is 0 Å². The van der Waals surface area contributed by atoms with Crippen molar-refractivity contribution in [3.63, 3.8) is 0 Å². The molecule has 0 aliphatic carbocycles. The maximum atomic E-state index is 2.24. The van der Waals surface area contributed by atoms with Crippen LogP contribution in [-0.2, 0) is 0 Å². The minimum absolute atomic E-state index is 0. The lowest BCUT2D eigenvalue weighted by Gasteiger charge is -2.12. The summed E-state index contributed by atoms with van der Waals surface area (Å²) in [4.78, 5) is 0. The lowest BCUT2D eigenvalue weighted by molar-refractivity contribution is 0.398. The van der Waals surface area contributed by atoms with Crippen LogP contribution in [-0.4, -0.2) is 0 Å². The second kappa shape index (κ2) is 64.7. The lowest BCUT2D eigenvalue weighted by atomic mass is 9.94. The molecule has 0 aromatic carbocycles. The van der Waals surface area contributed by atoms with Crippen molar-refractivity contribution in [2.24, 2.45) is 17.3 Å². The van der Waals surface area contributed by atoms with Gasteiger partial charge in [-0.25, -0.2) is 0 Å². The van der Waals surface area contributed by atoms with Gasteiger partial charge in [0.1, 0.15) is 0 Å². The van der Waals surface area contributed by atoms with Crippen LogP contribution in [0.15, 0.2) is 0 Å². The summed E-state index contributed by atoms with van der Waals surface area (Å²) in [6, 6.07) is 0. The highest BCUT2D eigenvalue weighted by Crippen LogP contribution is 2.16. The van der Waals surface area contributed by atoms with Crippen molar-refractivity contribution in [1.29, 1.82) is 0 Å². The number of rotatable bonds is 8. The Morgan fingerprint density at radius 3 is 0.611 bits per heavy atom. The highest BCUT2D eigenvalue weighted by molar-refractivity contribution is 4.55. The zero-order chi connectivity index (χ0) is 28.8. The minimum atomic E-state index is 0. The van der Waals surface area contributed by atoms with Gasteiger partial charge in [-0.15, -0.1) is 0 Å². The molecule has 0 fully saturated rings. The van der Waals surface area contributed by atoms with Crippen LogP contribution in [0.5, 0.6) is 0 Å². The summed E-state index contributed by atoms with van der Waals surface area (Å²) in [6.07, 6.45) is 17.4. The first-order chi connectivity index (χ1) is 15.8. The largest absolute Gasteiger partial charge is 0.0776 e. The fourth-order valence-electron chi connectivity index (χ4n) is 0.854. The summed E-state index contributed by atoms with van der Waals surface area (Å²) < 4.78 is 0. The van der Waals surface area contributed by atoms with Crippen LogP contribution in [0.2, 0.25) is 0 Å². The van der Waals surface area contributed by atoms with Crippen LogP contribution in [0.1, 0.15) is 223 Å². The fourth-order valence-corrected chi connectivity index (χ4v) is 0.854. The summed E-state index contributed by atoms with van der Waals surface area (Å²) in [5.74, 6) is 1.77. The molecule has 36 heavy (non-hydrogen) atoms. The molecular weight excluding hydrogens is 432 g/mol. The quantitative estimate of drug-likeness (QED) is 0.278. The molecule has 0 amide bonds. The second-order valence-electron chi connectivity index (χ2n) is 11.3. The van der Waals surface area contributed by atoms with Gasteiger partial charge < -0.3 is 0 Å². The van der Waals surface area contributed by atoms with Gasteiger partial charge in [-0.05, 0) is 17.3 Å². The van der Waals surface area contributed by atoms with Gasteiger partial charge in [0.2, 0.25) is 0 Å². The molecule has 0 radical (unpaired) electrons. The van der Waals surface area contributed by atoms with Gasteiger partial charge in [0.25, 0.3) is 0 Å². The van der Waals surface area contributed by atoms with Crippen LogP contribution in [0.25, 0.3) is 0 Å². The third-order valence-corrected chi connectivity index (χ3v) is 4.86. The Hall–Kier alpha value is 0. The van der Waals surface area contributed by atoms with Gasteiger partial charge in [-0.1, -0.05) is 223 Å². The number of hydrogen-bond donors (Lipinski definition) is 0. The van der Waals surface area contributed by atoms with Gasteiger partial charge >= 0.3 is 0 Å². The topological polar surface area (TPSA) is 0 Å². The van der Waals surface area contributed by atoms with Crippen LogP contribution in [0, 0.1) is 17.3 Å². The van der Waals surface area contributed by atoms with Gasteiger partial charge in [0.15, 0.2) is 0 Å². The molecule has 0 aliphatic heterocycles. The maximum absolute atomic E-state index is 2.24. The van der Waals surface area contributed by atoms with Gasteiger partial charge in [-0.3, -0.25) is 0 Å². The Morgan fingerprint density at radius 2 is 0.583 bits per heavy atom. The Labute approximate surface area is 240 Å². The van der Waals surface area contributed by atoms with Crippen molar-refractivity contribution in [3.05, 3.63) is 0 Å². The van der Waals surface area contributed by atoms with Crippen LogP contribution in [0.3, 0.4) is 0 Å². The third-order valence-electron chi connectivity index (χ3n) is 4.86. The first-order valence-electron chi connectivity index (χ1n) is 15.8. The molecule has 0 aliphatic rings. The molecule has 0 aromatic rings. The van der Waals surface area contributed by atoms with Crippen LogP contribution in [0.4, 0.5) is 0 Å². The number of unbranched alkanes of at least 4 members (excludes halogenated alkanes) is 6. The van der Waals surface area contributed by atoms with Crippen molar-refractivity contribution in [3.8, 4) is 0 Å². The smallest absolute Gasteiger partial charge is 0.0385 e. The molecule has 0 saturated heterocycles. The lowest BCUT2D eigenvalue weighted by Crippen LogP contribution is -2.00. The average Bonchev–Trinajstić information content (AvgIpc) is 2.80. The minimum Gasteiger partial charge on any atom is -0.0776 e. The molecule has 0 aromatic heterocycles. The second-order valence-corrected chi connectivity index (χ2v) is 11.3. The van der Waals surface area contributed by atoms with E-state index >= 15 is 0 Å². The molecule has 0 heterocycles. The van der Waals surface area contributed by atoms with E-state index in [1.165, 1.54) is 83.5 Å². The molecule has 0 rings (SSSR count). The van der Waals surface area contributed by atoms with E-state index in [1.54, 1.807) is 0 Å². The van der Waals surface area contributed by atoms with Gasteiger partial charge in [0.05, 0.1) is 0 Å². The van der Waals surface area contributed by atoms with Crippen molar-refractivity contribution in [2.75, 3.05) is 0 Å². The van der Waals surface area contributed by atoms with Crippen molar-refractivity contribution >= 4 is 0 Å². The average molecular weight is 523 g/mol. The zero-order valence-electron chi connectivity index (χ0n) is 28.8. The highest BCUT2D eigenvalue weighted by atomic mass is 14.1. The van der Waals surface area contributed by atoms with Crippen molar-refractivity contribution < 1.29 is 0 Å². The van der Waals surface area contributed by atoms with E-state index in [0.29, 0.717) is 5.41 Å². The monoisotopic (exact) mass is 523 g/mol. The molecule has 0 unspecified atom stereocenters. The van der Waals surface area contributed by atoms with E-state index in [4.69, 9.17) is 0 Å². The first kappa shape index (κ1) is 60.5. The molecule has 0 saturated carbocycles. The molecule has 0 atom stereocenters. The maximum Gasteiger partial charge on any atom is -0.0385 e. The molecule has 0 spiro atoms. The van der Waals surface area contributed by atoms with E-state index in [-0.39, 0.29) is 14.9 Å². The van der Waals surface area contributed by atoms with E-state index in [0.717, 1.165) is 11.8 Å². The Morgan fingerprint density at radius 1 is 0.417 bits per heavy atom. The summed E-state index contributed by atoms with van der Waals surface area (Å²) in [5, 5.41) is 0. The highest BCUT2D eigenvalue weighted by Gasteiger charge is 2.03. The molecular formula is C36H90. The Bertz CT molecular complexity index is 203. The summed E-state index contributed by atoms with van der Waals surface area (Å²) >= 11 is 0. The van der Waals surface area contributed by atoms with E-state index in [9.17, 15) is 0 Å². The molecule has 0 N–H and O–H groups in total. The number of hydrogen-bond acceptors (Lipinski definition) is 0. The predicted octanol–water partition coefficient (Wildman–Crippen LogP) is 15.8. The van der Waals surface area contributed by atoms with Crippen LogP contribution < -0.4 is 0 Å². The fraction of sp³-hybridized carbons (Fsp3) is 1.00. The molecule has 0 nitrogen and oxygen atoms in total.